The van der Waals surface area contributed by atoms with Crippen molar-refractivity contribution in [3.8, 4) is 0 Å². The molecule has 4 nitrogen and oxygen atoms in total. The maximum atomic E-state index is 14.1. The SMILES string of the molecule is COC(=O)C1=C(C)N(c2cccc(C(F)(F)F)c2)C(=O)/C1=C\c1ccccc1F. The number of rotatable bonds is 3. The molecule has 0 saturated carbocycles. The highest BCUT2D eigenvalue weighted by Gasteiger charge is 2.39. The monoisotopic (exact) mass is 405 g/mol. The number of halogens is 4. The van der Waals surface area contributed by atoms with Crippen LogP contribution in [0.5, 0.6) is 0 Å². The molecular formula is C21H15F4NO3. The Kier molecular flexibility index (Phi) is 5.28. The van der Waals surface area contributed by atoms with Gasteiger partial charge in [-0.3, -0.25) is 9.69 Å². The number of nitrogens with zero attached hydrogens (tertiary/aromatic N) is 1. The normalized spacial score (nSPS) is 16.0. The van der Waals surface area contributed by atoms with E-state index in [0.29, 0.717) is 0 Å². The standard InChI is InChI=1S/C21H15F4NO3/c1-12-18(20(28)29-2)16(10-13-6-3-4-9-17(13)22)19(27)26(12)15-8-5-7-14(11-15)21(23,24)25/h3-11H,1-2H3/b16-10-. The molecule has 3 rings (SSSR count). The lowest BCUT2D eigenvalue weighted by atomic mass is 10.0. The Bertz CT molecular complexity index is 1050. The summed E-state index contributed by atoms with van der Waals surface area (Å²) >= 11 is 0. The summed E-state index contributed by atoms with van der Waals surface area (Å²) in [6.45, 7) is 1.41. The van der Waals surface area contributed by atoms with E-state index in [0.717, 1.165) is 30.2 Å². The molecule has 150 valence electrons. The highest BCUT2D eigenvalue weighted by molar-refractivity contribution is 6.23. The van der Waals surface area contributed by atoms with Gasteiger partial charge in [0.15, 0.2) is 0 Å². The van der Waals surface area contributed by atoms with E-state index >= 15 is 0 Å². The summed E-state index contributed by atoms with van der Waals surface area (Å²) < 4.78 is 58.0. The van der Waals surface area contributed by atoms with Crippen molar-refractivity contribution in [2.75, 3.05) is 12.0 Å². The van der Waals surface area contributed by atoms with Crippen LogP contribution in [0.2, 0.25) is 0 Å². The van der Waals surface area contributed by atoms with Crippen molar-refractivity contribution >= 4 is 23.6 Å². The number of allylic oxidation sites excluding steroid dienone is 1. The Labute approximate surface area is 163 Å². The van der Waals surface area contributed by atoms with Gasteiger partial charge in [0, 0.05) is 16.9 Å². The second kappa shape index (κ2) is 7.54. The minimum Gasteiger partial charge on any atom is -0.465 e. The first kappa shape index (κ1) is 20.3. The molecule has 1 amide bonds. The summed E-state index contributed by atoms with van der Waals surface area (Å²) in [5.74, 6) is -2.23. The second-order valence-electron chi connectivity index (χ2n) is 6.22. The third-order valence-corrected chi connectivity index (χ3v) is 4.43. The summed E-state index contributed by atoms with van der Waals surface area (Å²) in [4.78, 5) is 26.3. The number of anilines is 1. The number of esters is 1. The van der Waals surface area contributed by atoms with Crippen molar-refractivity contribution < 1.29 is 31.9 Å². The molecule has 1 aliphatic heterocycles. The fraction of sp³-hybridized carbons (Fsp3) is 0.143. The van der Waals surface area contributed by atoms with Gasteiger partial charge < -0.3 is 4.74 Å². The molecule has 0 N–H and O–H groups in total. The zero-order chi connectivity index (χ0) is 21.3. The fourth-order valence-electron chi connectivity index (χ4n) is 3.06. The zero-order valence-electron chi connectivity index (χ0n) is 15.4. The number of carbonyl (C=O) groups is 2. The Balaban J connectivity index is 2.17. The minimum atomic E-state index is -4.60. The molecule has 29 heavy (non-hydrogen) atoms. The van der Waals surface area contributed by atoms with Crippen molar-refractivity contribution in [1.29, 1.82) is 0 Å². The van der Waals surface area contributed by atoms with Gasteiger partial charge in [0.2, 0.25) is 0 Å². The van der Waals surface area contributed by atoms with E-state index in [9.17, 15) is 27.2 Å². The fourth-order valence-corrected chi connectivity index (χ4v) is 3.06. The Morgan fingerprint density at radius 3 is 2.41 bits per heavy atom. The second-order valence-corrected chi connectivity index (χ2v) is 6.22. The zero-order valence-corrected chi connectivity index (χ0v) is 15.4. The van der Waals surface area contributed by atoms with E-state index in [-0.39, 0.29) is 28.1 Å². The third kappa shape index (κ3) is 3.78. The van der Waals surface area contributed by atoms with Crippen LogP contribution in [-0.4, -0.2) is 19.0 Å². The number of hydrogen-bond donors (Lipinski definition) is 0. The molecule has 0 fully saturated rings. The van der Waals surface area contributed by atoms with Crippen molar-refractivity contribution in [3.05, 3.63) is 82.3 Å². The van der Waals surface area contributed by atoms with Gasteiger partial charge in [-0.15, -0.1) is 0 Å². The first-order valence-corrected chi connectivity index (χ1v) is 8.42. The van der Waals surface area contributed by atoms with E-state index < -0.39 is 29.4 Å². The molecule has 0 aliphatic carbocycles. The minimum absolute atomic E-state index is 0.0518. The molecule has 2 aromatic carbocycles. The molecule has 0 aromatic heterocycles. The van der Waals surface area contributed by atoms with Gasteiger partial charge in [0.1, 0.15) is 5.82 Å². The quantitative estimate of drug-likeness (QED) is 0.422. The van der Waals surface area contributed by atoms with Crippen molar-refractivity contribution in [3.63, 3.8) is 0 Å². The molecule has 1 heterocycles. The van der Waals surface area contributed by atoms with Gasteiger partial charge in [-0.25, -0.2) is 9.18 Å². The number of methoxy groups -OCH3 is 1. The van der Waals surface area contributed by atoms with E-state index in [1.165, 1.54) is 37.3 Å². The van der Waals surface area contributed by atoms with Crippen LogP contribution in [0.1, 0.15) is 18.1 Å². The first-order chi connectivity index (χ1) is 13.6. The topological polar surface area (TPSA) is 46.6 Å². The van der Waals surface area contributed by atoms with Crippen LogP contribution in [0, 0.1) is 5.82 Å². The molecule has 2 aromatic rings. The first-order valence-electron chi connectivity index (χ1n) is 8.42. The summed E-state index contributed by atoms with van der Waals surface area (Å²) in [5.41, 5.74) is -1.18. The molecule has 1 aliphatic rings. The number of hydrogen-bond acceptors (Lipinski definition) is 3. The van der Waals surface area contributed by atoms with E-state index in [1.54, 1.807) is 6.07 Å². The van der Waals surface area contributed by atoms with Crippen LogP contribution >= 0.6 is 0 Å². The van der Waals surface area contributed by atoms with Gasteiger partial charge in [0.25, 0.3) is 5.91 Å². The lowest BCUT2D eigenvalue weighted by molar-refractivity contribution is -0.137. The predicted octanol–water partition coefficient (Wildman–Crippen LogP) is 4.72. The number of ether oxygens (including phenoxy) is 1. The molecule has 0 saturated heterocycles. The van der Waals surface area contributed by atoms with Crippen molar-refractivity contribution in [2.45, 2.75) is 13.1 Å². The van der Waals surface area contributed by atoms with Crippen molar-refractivity contribution in [2.24, 2.45) is 0 Å². The van der Waals surface area contributed by atoms with Crippen LogP contribution in [-0.2, 0) is 20.5 Å². The molecule has 8 heteroatoms. The highest BCUT2D eigenvalue weighted by Crippen LogP contribution is 2.38. The molecule has 0 unspecified atom stereocenters. The molecule has 0 atom stereocenters. The summed E-state index contributed by atoms with van der Waals surface area (Å²) in [5, 5.41) is 0. The average Bonchev–Trinajstić information content (AvgIpc) is 2.92. The third-order valence-electron chi connectivity index (χ3n) is 4.43. The van der Waals surface area contributed by atoms with Crippen molar-refractivity contribution in [1.82, 2.24) is 0 Å². The number of benzene rings is 2. The molecule has 0 bridgehead atoms. The summed E-state index contributed by atoms with van der Waals surface area (Å²) in [6, 6.07) is 9.77. The van der Waals surface area contributed by atoms with Crippen LogP contribution in [0.4, 0.5) is 23.2 Å². The maximum Gasteiger partial charge on any atom is 0.416 e. The summed E-state index contributed by atoms with van der Waals surface area (Å²) in [7, 11) is 1.11. The Morgan fingerprint density at radius 2 is 1.79 bits per heavy atom. The van der Waals surface area contributed by atoms with E-state index in [4.69, 9.17) is 4.74 Å². The van der Waals surface area contributed by atoms with Gasteiger partial charge in [0.05, 0.1) is 23.8 Å². The molecular weight excluding hydrogens is 390 g/mol. The molecule has 0 radical (unpaired) electrons. The maximum absolute atomic E-state index is 14.1. The van der Waals surface area contributed by atoms with Gasteiger partial charge in [-0.05, 0) is 37.3 Å². The summed E-state index contributed by atoms with van der Waals surface area (Å²) in [6.07, 6.45) is -3.42. The van der Waals surface area contributed by atoms with Crippen LogP contribution in [0.25, 0.3) is 6.08 Å². The van der Waals surface area contributed by atoms with Crippen LogP contribution in [0.3, 0.4) is 0 Å². The van der Waals surface area contributed by atoms with E-state index in [2.05, 4.69) is 0 Å². The Morgan fingerprint density at radius 1 is 1.10 bits per heavy atom. The number of carbonyl (C=O) groups excluding carboxylic acids is 2. The van der Waals surface area contributed by atoms with E-state index in [1.807, 2.05) is 0 Å². The van der Waals surface area contributed by atoms with Gasteiger partial charge >= 0.3 is 12.1 Å². The predicted molar refractivity (Wildman–Crippen MR) is 98.0 cm³/mol. The smallest absolute Gasteiger partial charge is 0.416 e. The number of amides is 1. The highest BCUT2D eigenvalue weighted by atomic mass is 19.4. The van der Waals surface area contributed by atoms with Gasteiger partial charge in [-0.1, -0.05) is 24.3 Å². The van der Waals surface area contributed by atoms with Crippen LogP contribution < -0.4 is 4.90 Å². The molecule has 0 spiro atoms. The average molecular weight is 405 g/mol. The Hall–Kier alpha value is -3.42. The van der Waals surface area contributed by atoms with Gasteiger partial charge in [-0.2, -0.15) is 13.2 Å². The lowest BCUT2D eigenvalue weighted by Crippen LogP contribution is -2.25. The number of alkyl halides is 3. The lowest BCUT2D eigenvalue weighted by Gasteiger charge is -2.19. The largest absolute Gasteiger partial charge is 0.465 e. The van der Waals surface area contributed by atoms with Crippen LogP contribution in [0.15, 0.2) is 65.4 Å².